The molecule has 4 saturated carbocycles. The third-order valence-corrected chi connectivity index (χ3v) is 11.8. The van der Waals surface area contributed by atoms with Crippen LogP contribution < -0.4 is 5.32 Å². The van der Waals surface area contributed by atoms with Crippen LogP contribution in [0.3, 0.4) is 0 Å². The van der Waals surface area contributed by atoms with Crippen LogP contribution in [0.1, 0.15) is 85.0 Å². The first-order chi connectivity index (χ1) is 16.2. The van der Waals surface area contributed by atoms with E-state index in [-0.39, 0.29) is 54.1 Å². The number of amides is 1. The number of hydrogen-bond donors (Lipinski definition) is 5. The topological polar surface area (TPSA) is 144 Å². The van der Waals surface area contributed by atoms with Crippen molar-refractivity contribution in [3.63, 3.8) is 0 Å². The lowest BCUT2D eigenvalue weighted by molar-refractivity contribution is -0.254. The Morgan fingerprint density at radius 2 is 1.77 bits per heavy atom. The maximum atomic E-state index is 12.3. The lowest BCUT2D eigenvalue weighted by Crippen LogP contribution is -2.67. The summed E-state index contributed by atoms with van der Waals surface area (Å²) in [5.74, 6) is 0.0702. The van der Waals surface area contributed by atoms with Gasteiger partial charge in [0, 0.05) is 18.4 Å². The minimum absolute atomic E-state index is 0.0180. The van der Waals surface area contributed by atoms with Crippen molar-refractivity contribution in [3.05, 3.63) is 0 Å². The van der Waals surface area contributed by atoms with Crippen molar-refractivity contribution in [2.75, 3.05) is 12.3 Å². The Bertz CT molecular complexity index is 911. The molecule has 202 valence electrons. The van der Waals surface area contributed by atoms with E-state index in [0.29, 0.717) is 18.8 Å². The molecule has 0 radical (unpaired) electrons. The second kappa shape index (κ2) is 9.53. The maximum absolute atomic E-state index is 12.3. The third kappa shape index (κ3) is 4.80. The van der Waals surface area contributed by atoms with Crippen LogP contribution in [0.5, 0.6) is 0 Å². The molecule has 0 saturated heterocycles. The largest absolute Gasteiger partial charge is 0.393 e. The molecular formula is C26H45NO7S. The molecule has 0 heterocycles. The molecule has 4 aliphatic rings. The summed E-state index contributed by atoms with van der Waals surface area (Å²) in [6.07, 6.45) is 6.61. The summed E-state index contributed by atoms with van der Waals surface area (Å²) in [6, 6.07) is 0. The minimum Gasteiger partial charge on any atom is -0.393 e. The van der Waals surface area contributed by atoms with Crippen LogP contribution in [0.25, 0.3) is 0 Å². The fourth-order valence-electron chi connectivity index (χ4n) is 9.18. The molecule has 0 bridgehead atoms. The summed E-state index contributed by atoms with van der Waals surface area (Å²) in [7, 11) is -4.10. The Kier molecular flexibility index (Phi) is 7.43. The van der Waals surface area contributed by atoms with Gasteiger partial charge in [-0.25, -0.2) is 0 Å². The van der Waals surface area contributed by atoms with Crippen molar-refractivity contribution in [2.45, 2.75) is 103 Å². The van der Waals surface area contributed by atoms with Crippen LogP contribution >= 0.6 is 0 Å². The molecule has 0 aliphatic heterocycles. The van der Waals surface area contributed by atoms with Gasteiger partial charge in [0.25, 0.3) is 10.1 Å². The molecule has 8 nitrogen and oxygen atoms in total. The molecule has 5 N–H and O–H groups in total. The smallest absolute Gasteiger partial charge is 0.266 e. The predicted octanol–water partition coefficient (Wildman–Crippen LogP) is 2.51. The van der Waals surface area contributed by atoms with Crippen LogP contribution in [0.15, 0.2) is 0 Å². The zero-order chi connectivity index (χ0) is 25.8. The van der Waals surface area contributed by atoms with Crippen molar-refractivity contribution in [2.24, 2.45) is 40.4 Å². The molecular weight excluding hydrogens is 470 g/mol. The highest BCUT2D eigenvalue weighted by Crippen LogP contribution is 2.69. The number of nitrogens with one attached hydrogen (secondary N) is 1. The van der Waals surface area contributed by atoms with Crippen LogP contribution in [0.4, 0.5) is 0 Å². The van der Waals surface area contributed by atoms with E-state index < -0.39 is 33.0 Å². The van der Waals surface area contributed by atoms with Gasteiger partial charge in [-0.15, -0.1) is 0 Å². The molecule has 10 atom stereocenters. The lowest BCUT2D eigenvalue weighted by atomic mass is 9.42. The second-order valence-electron chi connectivity index (χ2n) is 12.7. The SMILES string of the molecule is C[C@@H](CCC(=O)NCCS(=O)(=O)O)[C@@H]1CC[C@@H]2[C@@]3(O)CC[C@H]4C[C@@H](O)CC[C@]4(C)[C@@H]3C[C@@H](O)[C@]21C. The maximum Gasteiger partial charge on any atom is 0.266 e. The molecule has 4 aliphatic carbocycles. The van der Waals surface area contributed by atoms with E-state index in [1.165, 1.54) is 0 Å². The molecule has 0 aromatic heterocycles. The first kappa shape index (κ1) is 27.3. The fraction of sp³-hybridized carbons (Fsp3) is 0.962. The van der Waals surface area contributed by atoms with Crippen molar-refractivity contribution in [1.29, 1.82) is 0 Å². The highest BCUT2D eigenvalue weighted by Gasteiger charge is 2.69. The van der Waals surface area contributed by atoms with Crippen LogP contribution in [0.2, 0.25) is 0 Å². The number of aliphatic hydroxyl groups is 3. The van der Waals surface area contributed by atoms with Gasteiger partial charge in [0.2, 0.25) is 5.91 Å². The number of aliphatic hydroxyl groups excluding tert-OH is 2. The summed E-state index contributed by atoms with van der Waals surface area (Å²) in [4.78, 5) is 12.2. The Hall–Kier alpha value is -0.740. The van der Waals surface area contributed by atoms with Gasteiger partial charge in [0.15, 0.2) is 0 Å². The Labute approximate surface area is 210 Å². The number of carbonyl (C=O) groups excluding carboxylic acids is 1. The van der Waals surface area contributed by atoms with Crippen molar-refractivity contribution < 1.29 is 33.1 Å². The van der Waals surface area contributed by atoms with Gasteiger partial charge >= 0.3 is 0 Å². The van der Waals surface area contributed by atoms with Gasteiger partial charge in [0.1, 0.15) is 0 Å². The zero-order valence-corrected chi connectivity index (χ0v) is 22.3. The van der Waals surface area contributed by atoms with E-state index in [0.717, 1.165) is 44.9 Å². The summed E-state index contributed by atoms with van der Waals surface area (Å²) in [6.45, 7) is 6.44. The Morgan fingerprint density at radius 1 is 1.06 bits per heavy atom. The van der Waals surface area contributed by atoms with E-state index in [9.17, 15) is 28.5 Å². The van der Waals surface area contributed by atoms with E-state index in [4.69, 9.17) is 4.55 Å². The number of hydrogen-bond acceptors (Lipinski definition) is 6. The van der Waals surface area contributed by atoms with Crippen LogP contribution in [-0.4, -0.2) is 64.3 Å². The average Bonchev–Trinajstić information content (AvgIpc) is 3.14. The lowest BCUT2D eigenvalue weighted by Gasteiger charge is -2.65. The summed E-state index contributed by atoms with van der Waals surface area (Å²) in [5, 5.41) is 36.7. The predicted molar refractivity (Wildman–Crippen MR) is 132 cm³/mol. The van der Waals surface area contributed by atoms with Crippen molar-refractivity contribution in [1.82, 2.24) is 5.32 Å². The molecule has 4 rings (SSSR count). The normalized spacial score (nSPS) is 46.3. The average molecular weight is 516 g/mol. The summed E-state index contributed by atoms with van der Waals surface area (Å²) >= 11 is 0. The first-order valence-electron chi connectivity index (χ1n) is 13.5. The fourth-order valence-corrected chi connectivity index (χ4v) is 9.54. The Morgan fingerprint density at radius 3 is 2.46 bits per heavy atom. The zero-order valence-electron chi connectivity index (χ0n) is 21.4. The highest BCUT2D eigenvalue weighted by molar-refractivity contribution is 7.85. The molecule has 4 fully saturated rings. The van der Waals surface area contributed by atoms with Gasteiger partial charge in [0.05, 0.1) is 23.6 Å². The van der Waals surface area contributed by atoms with Crippen LogP contribution in [0, 0.1) is 40.4 Å². The van der Waals surface area contributed by atoms with E-state index in [1.807, 2.05) is 0 Å². The van der Waals surface area contributed by atoms with E-state index in [2.05, 4.69) is 26.1 Å². The monoisotopic (exact) mass is 515 g/mol. The quantitative estimate of drug-likeness (QED) is 0.328. The summed E-state index contributed by atoms with van der Waals surface area (Å²) < 4.78 is 30.5. The number of fused-ring (bicyclic) bond motifs is 5. The molecule has 35 heavy (non-hydrogen) atoms. The van der Waals surface area contributed by atoms with Gasteiger partial charge in [-0.2, -0.15) is 8.42 Å². The number of rotatable bonds is 7. The standard InChI is InChI=1S/C26H45NO7S/c1-16(4-7-23(30)27-12-13-35(32,33)34)19-5-6-20-25(19,3)22(29)15-21-24(2)10-9-18(28)14-17(24)8-11-26(20,21)31/h16-22,28-29,31H,4-15H2,1-3H3,(H,27,30)(H,32,33,34)/t16-,17-,18-,19-,20-,21-,22+,24-,25-,26-/m0/s1. The van der Waals surface area contributed by atoms with Crippen LogP contribution in [-0.2, 0) is 14.9 Å². The molecule has 0 spiro atoms. The summed E-state index contributed by atoms with van der Waals surface area (Å²) in [5.41, 5.74) is -1.27. The number of carbonyl (C=O) groups is 1. The molecule has 0 aromatic rings. The Balaban J connectivity index is 1.44. The molecule has 9 heteroatoms. The first-order valence-corrected chi connectivity index (χ1v) is 15.1. The van der Waals surface area contributed by atoms with Gasteiger partial charge in [-0.1, -0.05) is 20.8 Å². The van der Waals surface area contributed by atoms with Crippen molar-refractivity contribution >= 4 is 16.0 Å². The second-order valence-corrected chi connectivity index (χ2v) is 14.3. The minimum atomic E-state index is -4.10. The van der Waals surface area contributed by atoms with Crippen molar-refractivity contribution in [3.8, 4) is 0 Å². The highest BCUT2D eigenvalue weighted by atomic mass is 32.2. The van der Waals surface area contributed by atoms with Gasteiger partial charge in [-0.05, 0) is 92.8 Å². The van der Waals surface area contributed by atoms with Gasteiger partial charge < -0.3 is 20.6 Å². The van der Waals surface area contributed by atoms with E-state index >= 15 is 0 Å². The van der Waals surface area contributed by atoms with Gasteiger partial charge in [-0.3, -0.25) is 9.35 Å². The molecule has 1 amide bonds. The van der Waals surface area contributed by atoms with E-state index in [1.54, 1.807) is 0 Å². The third-order valence-electron chi connectivity index (χ3n) is 11.1. The molecule has 0 unspecified atom stereocenters. The molecule has 0 aromatic carbocycles.